The molecule has 23 heavy (non-hydrogen) atoms. The lowest BCUT2D eigenvalue weighted by Crippen LogP contribution is -2.36. The van der Waals surface area contributed by atoms with Crippen LogP contribution in [0.1, 0.15) is 51.4 Å². The van der Waals surface area contributed by atoms with E-state index >= 15 is 0 Å². The number of unbranched alkanes of at least 4 members (excludes halogenated alkanes) is 5. The fourth-order valence-corrected chi connectivity index (χ4v) is 5.05. The van der Waals surface area contributed by atoms with Crippen LogP contribution in [-0.4, -0.2) is 54.2 Å². The summed E-state index contributed by atoms with van der Waals surface area (Å²) in [6.45, 7) is 6.20. The van der Waals surface area contributed by atoms with E-state index in [0.717, 1.165) is 12.2 Å². The Kier molecular flexibility index (Phi) is 8.31. The number of amides is 2. The second-order valence-corrected chi connectivity index (χ2v) is 8.18. The maximum absolute atomic E-state index is 11.4. The molecule has 0 aromatic carbocycles. The molecule has 2 unspecified atom stereocenters. The Morgan fingerprint density at radius 2 is 1.91 bits per heavy atom. The largest absolute Gasteiger partial charge is 0.332 e. The molecule has 0 radical (unpaired) electrons. The molecule has 0 aromatic rings. The highest BCUT2D eigenvalue weighted by molar-refractivity contribution is 8.00. The third-order valence-electron chi connectivity index (χ3n) is 4.91. The average molecular weight is 340 g/mol. The molecule has 132 valence electrons. The Hall–Kier alpha value is -0.680. The highest BCUT2D eigenvalue weighted by Crippen LogP contribution is 2.33. The summed E-state index contributed by atoms with van der Waals surface area (Å²) < 4.78 is 0. The molecule has 0 spiro atoms. The van der Waals surface area contributed by atoms with Crippen LogP contribution in [0, 0.1) is 0 Å². The van der Waals surface area contributed by atoms with Crippen molar-refractivity contribution in [2.75, 3.05) is 25.9 Å². The molecule has 2 saturated heterocycles. The van der Waals surface area contributed by atoms with E-state index in [9.17, 15) is 4.79 Å². The van der Waals surface area contributed by atoms with Gasteiger partial charge in [-0.25, -0.2) is 4.79 Å². The lowest BCUT2D eigenvalue weighted by molar-refractivity contribution is 0.247. The van der Waals surface area contributed by atoms with Crippen molar-refractivity contribution < 1.29 is 4.79 Å². The molecule has 2 fully saturated rings. The van der Waals surface area contributed by atoms with Crippen LogP contribution in [0.3, 0.4) is 0 Å². The normalized spacial score (nSPS) is 26.2. The first kappa shape index (κ1) is 18.7. The van der Waals surface area contributed by atoms with E-state index in [1.165, 1.54) is 58.0 Å². The number of fused-ring (bicyclic) bond motifs is 1. The van der Waals surface area contributed by atoms with Gasteiger partial charge in [0.05, 0.1) is 12.1 Å². The third-order valence-corrected chi connectivity index (χ3v) is 6.42. The smallest absolute Gasteiger partial charge is 0.315 e. The molecule has 2 aliphatic heterocycles. The summed E-state index contributed by atoms with van der Waals surface area (Å²) in [7, 11) is 2.24. The number of thioether (sulfide) groups is 1. The summed E-state index contributed by atoms with van der Waals surface area (Å²) in [5.74, 6) is 1.07. The van der Waals surface area contributed by atoms with Crippen LogP contribution in [-0.2, 0) is 0 Å². The van der Waals surface area contributed by atoms with Crippen molar-refractivity contribution in [3.63, 3.8) is 0 Å². The quantitative estimate of drug-likeness (QED) is 0.325. The Morgan fingerprint density at radius 3 is 2.65 bits per heavy atom. The maximum Gasteiger partial charge on any atom is 0.315 e. The second kappa shape index (κ2) is 10.2. The number of hydrogen-bond donors (Lipinski definition) is 2. The molecule has 3 atom stereocenters. The first-order chi connectivity index (χ1) is 11.2. The first-order valence-electron chi connectivity index (χ1n) is 9.19. The molecule has 2 N–H and O–H groups in total. The Labute approximate surface area is 145 Å². The van der Waals surface area contributed by atoms with Gasteiger partial charge < -0.3 is 15.5 Å². The minimum atomic E-state index is 0.0278. The van der Waals surface area contributed by atoms with Crippen LogP contribution >= 0.6 is 11.8 Å². The highest BCUT2D eigenvalue weighted by atomic mass is 32.2. The molecule has 0 bridgehead atoms. The molecule has 0 aromatic heterocycles. The number of nitrogens with one attached hydrogen (secondary N) is 2. The predicted molar refractivity (Wildman–Crippen MR) is 100 cm³/mol. The monoisotopic (exact) mass is 339 g/mol. The zero-order chi connectivity index (χ0) is 16.5. The van der Waals surface area contributed by atoms with Gasteiger partial charge in [-0.3, -0.25) is 0 Å². The molecule has 2 heterocycles. The minimum Gasteiger partial charge on any atom is -0.332 e. The standard InChI is InChI=1S/C18H33N3OS/c1-3-4-5-6-9-12-21(2)13-10-7-8-11-16-17-15(14-23-16)19-18(22)20-17/h3,15-17H,1,4-14H2,2H3,(H2,19,20,22)/t15?,16-,17?/m0/s1. The molecule has 5 heteroatoms. The van der Waals surface area contributed by atoms with Crippen molar-refractivity contribution in [3.8, 4) is 0 Å². The Balaban J connectivity index is 1.45. The van der Waals surface area contributed by atoms with Crippen LogP contribution in [0.15, 0.2) is 12.7 Å². The molecular weight excluding hydrogens is 306 g/mol. The average Bonchev–Trinajstić information content (AvgIpc) is 3.06. The molecule has 4 nitrogen and oxygen atoms in total. The number of hydrogen-bond acceptors (Lipinski definition) is 3. The van der Waals surface area contributed by atoms with Crippen molar-refractivity contribution in [2.24, 2.45) is 0 Å². The van der Waals surface area contributed by atoms with Crippen LogP contribution in [0.2, 0.25) is 0 Å². The number of carbonyl (C=O) groups excluding carboxylic acids is 1. The molecule has 2 rings (SSSR count). The third kappa shape index (κ3) is 6.38. The van der Waals surface area contributed by atoms with Gasteiger partial charge in [0.15, 0.2) is 0 Å². The number of nitrogens with zero attached hydrogens (tertiary/aromatic N) is 1. The minimum absolute atomic E-state index is 0.0278. The van der Waals surface area contributed by atoms with Gasteiger partial charge in [0, 0.05) is 11.0 Å². The van der Waals surface area contributed by atoms with Gasteiger partial charge in [0.25, 0.3) is 0 Å². The predicted octanol–water partition coefficient (Wildman–Crippen LogP) is 3.39. The highest BCUT2D eigenvalue weighted by Gasteiger charge is 2.42. The van der Waals surface area contributed by atoms with E-state index < -0.39 is 0 Å². The molecule has 0 saturated carbocycles. The van der Waals surface area contributed by atoms with Crippen LogP contribution in [0.4, 0.5) is 4.79 Å². The van der Waals surface area contributed by atoms with Crippen molar-refractivity contribution >= 4 is 17.8 Å². The van der Waals surface area contributed by atoms with E-state index in [1.54, 1.807) is 0 Å². The molecule has 2 aliphatic rings. The summed E-state index contributed by atoms with van der Waals surface area (Å²) in [4.78, 5) is 13.8. The van der Waals surface area contributed by atoms with Gasteiger partial charge in [-0.15, -0.1) is 6.58 Å². The van der Waals surface area contributed by atoms with Gasteiger partial charge in [0.2, 0.25) is 0 Å². The van der Waals surface area contributed by atoms with E-state index in [0.29, 0.717) is 17.3 Å². The second-order valence-electron chi connectivity index (χ2n) is 6.91. The van der Waals surface area contributed by atoms with Gasteiger partial charge in [0.1, 0.15) is 0 Å². The van der Waals surface area contributed by atoms with Gasteiger partial charge in [-0.1, -0.05) is 25.3 Å². The lowest BCUT2D eigenvalue weighted by atomic mass is 10.0. The molecular formula is C18H33N3OS. The van der Waals surface area contributed by atoms with Gasteiger partial charge in [-0.2, -0.15) is 11.8 Å². The summed E-state index contributed by atoms with van der Waals surface area (Å²) in [5.41, 5.74) is 0. The van der Waals surface area contributed by atoms with Crippen molar-refractivity contribution in [1.82, 2.24) is 15.5 Å². The van der Waals surface area contributed by atoms with Gasteiger partial charge >= 0.3 is 6.03 Å². The van der Waals surface area contributed by atoms with E-state index in [-0.39, 0.29) is 6.03 Å². The maximum atomic E-state index is 11.4. The Bertz CT molecular complexity index is 377. The zero-order valence-corrected chi connectivity index (χ0v) is 15.4. The number of carbonyl (C=O) groups is 1. The lowest BCUT2D eigenvalue weighted by Gasteiger charge is -2.18. The van der Waals surface area contributed by atoms with Crippen LogP contribution in [0.25, 0.3) is 0 Å². The summed E-state index contributed by atoms with van der Waals surface area (Å²) in [5, 5.41) is 6.70. The summed E-state index contributed by atoms with van der Waals surface area (Å²) >= 11 is 2.02. The van der Waals surface area contributed by atoms with E-state index in [1.807, 2.05) is 17.8 Å². The van der Waals surface area contributed by atoms with Crippen molar-refractivity contribution in [1.29, 1.82) is 0 Å². The van der Waals surface area contributed by atoms with Crippen LogP contribution < -0.4 is 10.6 Å². The van der Waals surface area contributed by atoms with Crippen molar-refractivity contribution in [2.45, 2.75) is 68.7 Å². The Morgan fingerprint density at radius 1 is 1.17 bits per heavy atom. The zero-order valence-electron chi connectivity index (χ0n) is 14.6. The fourth-order valence-electron chi connectivity index (χ4n) is 3.51. The molecule has 2 amide bonds. The molecule has 0 aliphatic carbocycles. The SMILES string of the molecule is C=CCCCCCN(C)CCCCC[C@@H]1SCC2NC(=O)NC21. The summed E-state index contributed by atoms with van der Waals surface area (Å²) in [6, 6.07) is 0.760. The fraction of sp³-hybridized carbons (Fsp3) is 0.833. The number of urea groups is 1. The van der Waals surface area contributed by atoms with E-state index in [4.69, 9.17) is 0 Å². The summed E-state index contributed by atoms with van der Waals surface area (Å²) in [6.07, 6.45) is 12.2. The van der Waals surface area contributed by atoms with E-state index in [2.05, 4.69) is 29.2 Å². The first-order valence-corrected chi connectivity index (χ1v) is 10.2. The number of rotatable bonds is 12. The number of allylic oxidation sites excluding steroid dienone is 1. The van der Waals surface area contributed by atoms with Gasteiger partial charge in [-0.05, 0) is 52.2 Å². The van der Waals surface area contributed by atoms with Crippen LogP contribution in [0.5, 0.6) is 0 Å². The van der Waals surface area contributed by atoms with Crippen molar-refractivity contribution in [3.05, 3.63) is 12.7 Å². The topological polar surface area (TPSA) is 44.4 Å².